The van der Waals surface area contributed by atoms with Crippen molar-refractivity contribution in [3.63, 3.8) is 0 Å². The van der Waals surface area contributed by atoms with Crippen molar-refractivity contribution < 1.29 is 22.7 Å². The minimum Gasteiger partial charge on any atom is -0.497 e. The zero-order valence-corrected chi connectivity index (χ0v) is 18.7. The second-order valence-corrected chi connectivity index (χ2v) is 7.68. The second kappa shape index (κ2) is 9.05. The predicted molar refractivity (Wildman–Crippen MR) is 119 cm³/mol. The van der Waals surface area contributed by atoms with Crippen molar-refractivity contribution in [2.45, 2.75) is 19.1 Å². The number of carbonyl (C=O) groups excluding carboxylic acids is 1. The van der Waals surface area contributed by atoms with E-state index in [9.17, 15) is 18.0 Å². The number of methoxy groups -OCH3 is 1. The lowest BCUT2D eigenvalue weighted by molar-refractivity contribution is -0.137. The molecule has 1 amide bonds. The van der Waals surface area contributed by atoms with Crippen molar-refractivity contribution in [3.05, 3.63) is 95.3 Å². The minimum atomic E-state index is -4.48. The van der Waals surface area contributed by atoms with Crippen LogP contribution in [-0.4, -0.2) is 32.3 Å². The molecule has 10 heteroatoms. The van der Waals surface area contributed by atoms with E-state index >= 15 is 0 Å². The molecule has 0 aliphatic carbocycles. The largest absolute Gasteiger partial charge is 0.497 e. The summed E-state index contributed by atoms with van der Waals surface area (Å²) in [4.78, 5) is 17.6. The van der Waals surface area contributed by atoms with Crippen molar-refractivity contribution in [2.24, 2.45) is 7.05 Å². The van der Waals surface area contributed by atoms with Gasteiger partial charge in [0, 0.05) is 19.4 Å². The van der Waals surface area contributed by atoms with Gasteiger partial charge < -0.3 is 14.6 Å². The van der Waals surface area contributed by atoms with Gasteiger partial charge in [0.1, 0.15) is 17.6 Å². The molecule has 7 nitrogen and oxygen atoms in total. The molecule has 0 saturated carbocycles. The van der Waals surface area contributed by atoms with Crippen LogP contribution in [-0.2, 0) is 13.2 Å². The smallest absolute Gasteiger partial charge is 0.416 e. The zero-order chi connectivity index (χ0) is 24.5. The fraction of sp³-hybridized carbons (Fsp3) is 0.208. The fourth-order valence-corrected chi connectivity index (χ4v) is 3.66. The average Bonchev–Trinajstić information content (AvgIpc) is 3.42. The van der Waals surface area contributed by atoms with Crippen molar-refractivity contribution >= 4 is 5.91 Å². The Kier molecular flexibility index (Phi) is 6.14. The van der Waals surface area contributed by atoms with Crippen LogP contribution < -0.4 is 10.1 Å². The molecular weight excluding hydrogens is 447 g/mol. The van der Waals surface area contributed by atoms with Crippen LogP contribution in [0.15, 0.2) is 67.1 Å². The number of rotatable bonds is 6. The van der Waals surface area contributed by atoms with E-state index in [0.29, 0.717) is 17.3 Å². The van der Waals surface area contributed by atoms with Gasteiger partial charge in [0.25, 0.3) is 5.91 Å². The minimum absolute atomic E-state index is 0.210. The van der Waals surface area contributed by atoms with E-state index in [-0.39, 0.29) is 11.3 Å². The lowest BCUT2D eigenvalue weighted by Crippen LogP contribution is -2.31. The van der Waals surface area contributed by atoms with Crippen LogP contribution in [0, 0.1) is 6.92 Å². The highest BCUT2D eigenvalue weighted by Crippen LogP contribution is 2.31. The molecule has 0 fully saturated rings. The van der Waals surface area contributed by atoms with Crippen molar-refractivity contribution in [1.29, 1.82) is 0 Å². The molecule has 0 bridgehead atoms. The summed E-state index contributed by atoms with van der Waals surface area (Å²) in [6.07, 6.45) is 0.267. The summed E-state index contributed by atoms with van der Waals surface area (Å²) in [6, 6.07) is 11.5. The average molecular weight is 469 g/mol. The number of nitrogens with zero attached hydrogens (tertiary/aromatic N) is 4. The van der Waals surface area contributed by atoms with E-state index in [2.05, 4.69) is 15.4 Å². The maximum atomic E-state index is 13.2. The van der Waals surface area contributed by atoms with E-state index in [4.69, 9.17) is 4.74 Å². The first kappa shape index (κ1) is 23.1. The molecule has 176 valence electrons. The number of halogens is 3. The molecular formula is C24H22F3N5O2. The highest BCUT2D eigenvalue weighted by Gasteiger charge is 2.31. The molecule has 0 aliphatic heterocycles. The number of aromatic nitrogens is 4. The number of carbonyl (C=O) groups is 1. The Morgan fingerprint density at radius 2 is 1.88 bits per heavy atom. The van der Waals surface area contributed by atoms with Gasteiger partial charge in [0.05, 0.1) is 35.8 Å². The highest BCUT2D eigenvalue weighted by atomic mass is 19.4. The number of nitrogens with one attached hydrogen (secondary N) is 1. The van der Waals surface area contributed by atoms with Gasteiger partial charge >= 0.3 is 6.18 Å². The van der Waals surface area contributed by atoms with Crippen LogP contribution >= 0.6 is 0 Å². The summed E-state index contributed by atoms with van der Waals surface area (Å²) in [6.45, 7) is 1.63. The molecule has 1 unspecified atom stereocenters. The van der Waals surface area contributed by atoms with E-state index in [0.717, 1.165) is 17.7 Å². The summed E-state index contributed by atoms with van der Waals surface area (Å²) < 4.78 is 47.7. The number of hydrogen-bond acceptors (Lipinski definition) is 4. The number of aryl methyl sites for hydroxylation is 1. The molecule has 2 heterocycles. The van der Waals surface area contributed by atoms with E-state index in [1.165, 1.54) is 23.0 Å². The van der Waals surface area contributed by atoms with E-state index in [1.807, 2.05) is 19.2 Å². The Hall–Kier alpha value is -4.08. The van der Waals surface area contributed by atoms with Crippen LogP contribution in [0.1, 0.15) is 39.0 Å². The van der Waals surface area contributed by atoms with Crippen LogP contribution in [0.5, 0.6) is 5.75 Å². The van der Waals surface area contributed by atoms with Gasteiger partial charge in [-0.2, -0.15) is 18.3 Å². The summed E-state index contributed by atoms with van der Waals surface area (Å²) in [7, 11) is 3.39. The Morgan fingerprint density at radius 3 is 2.50 bits per heavy atom. The summed E-state index contributed by atoms with van der Waals surface area (Å²) in [5, 5.41) is 7.14. The first-order chi connectivity index (χ1) is 16.2. The van der Waals surface area contributed by atoms with Crippen molar-refractivity contribution in [2.75, 3.05) is 7.11 Å². The Balaban J connectivity index is 1.65. The lowest BCUT2D eigenvalue weighted by Gasteiger charge is -2.19. The molecule has 1 atom stereocenters. The molecule has 0 radical (unpaired) electrons. The fourth-order valence-electron chi connectivity index (χ4n) is 3.66. The van der Waals surface area contributed by atoms with E-state index in [1.54, 1.807) is 43.1 Å². The van der Waals surface area contributed by atoms with E-state index < -0.39 is 23.7 Å². The number of ether oxygens (including phenoxy) is 1. The number of hydrogen-bond donors (Lipinski definition) is 1. The molecule has 4 rings (SSSR count). The predicted octanol–water partition coefficient (Wildman–Crippen LogP) is 4.46. The van der Waals surface area contributed by atoms with Crippen LogP contribution in [0.4, 0.5) is 13.2 Å². The SMILES string of the molecule is COc1ccc(C(NC(=O)c2cnn(-c3cccc(C(F)(F)F)c3)c2C)c2nccn2C)cc1. The molecule has 2 aromatic heterocycles. The number of alkyl halides is 3. The number of benzene rings is 2. The van der Waals surface area contributed by atoms with Gasteiger partial charge in [-0.15, -0.1) is 0 Å². The zero-order valence-electron chi connectivity index (χ0n) is 18.7. The second-order valence-electron chi connectivity index (χ2n) is 7.68. The molecule has 2 aromatic carbocycles. The third-order valence-electron chi connectivity index (χ3n) is 5.51. The molecule has 0 spiro atoms. The summed E-state index contributed by atoms with van der Waals surface area (Å²) >= 11 is 0. The van der Waals surface area contributed by atoms with Crippen molar-refractivity contribution in [3.8, 4) is 11.4 Å². The number of imidazole rings is 1. The third-order valence-corrected chi connectivity index (χ3v) is 5.51. The quantitative estimate of drug-likeness (QED) is 0.453. The van der Waals surface area contributed by atoms with Crippen LogP contribution in [0.25, 0.3) is 5.69 Å². The van der Waals surface area contributed by atoms with Gasteiger partial charge in [-0.3, -0.25) is 4.79 Å². The first-order valence-corrected chi connectivity index (χ1v) is 10.3. The van der Waals surface area contributed by atoms with Crippen LogP contribution in [0.2, 0.25) is 0 Å². The molecule has 0 saturated heterocycles. The van der Waals surface area contributed by atoms with Crippen LogP contribution in [0.3, 0.4) is 0 Å². The van der Waals surface area contributed by atoms with Gasteiger partial charge in [-0.25, -0.2) is 9.67 Å². The monoisotopic (exact) mass is 469 g/mol. The summed E-state index contributed by atoms with van der Waals surface area (Å²) in [5.41, 5.74) is 0.851. The maximum Gasteiger partial charge on any atom is 0.416 e. The van der Waals surface area contributed by atoms with Gasteiger partial charge in [-0.1, -0.05) is 18.2 Å². The Bertz CT molecular complexity index is 1310. The first-order valence-electron chi connectivity index (χ1n) is 10.3. The van der Waals surface area contributed by atoms with Gasteiger partial charge in [-0.05, 0) is 42.8 Å². The van der Waals surface area contributed by atoms with Gasteiger partial charge in [0.2, 0.25) is 0 Å². The Labute approximate surface area is 193 Å². The molecule has 34 heavy (non-hydrogen) atoms. The highest BCUT2D eigenvalue weighted by molar-refractivity contribution is 5.95. The summed E-state index contributed by atoms with van der Waals surface area (Å²) in [5.74, 6) is 0.854. The number of amides is 1. The molecule has 4 aromatic rings. The third kappa shape index (κ3) is 4.52. The molecule has 0 aliphatic rings. The normalized spacial score (nSPS) is 12.4. The van der Waals surface area contributed by atoms with Crippen molar-refractivity contribution in [1.82, 2.24) is 24.6 Å². The topological polar surface area (TPSA) is 74.0 Å². The lowest BCUT2D eigenvalue weighted by atomic mass is 10.0. The standard InChI is InChI=1S/C24H22F3N5O2/c1-15-20(14-29-32(15)18-6-4-5-17(13-18)24(25,26)27)23(33)30-21(22-28-11-12-31(22)2)16-7-9-19(34-3)10-8-16/h4-14,21H,1-3H3,(H,30,33). The van der Waals surface area contributed by atoms with Gasteiger partial charge in [0.15, 0.2) is 0 Å². The Morgan fingerprint density at radius 1 is 1.15 bits per heavy atom. The molecule has 1 N–H and O–H groups in total. The maximum absolute atomic E-state index is 13.2.